The van der Waals surface area contributed by atoms with E-state index < -0.39 is 0 Å². The van der Waals surface area contributed by atoms with E-state index in [-0.39, 0.29) is 18.5 Å². The Hall–Kier alpha value is -2.87. The third kappa shape index (κ3) is 5.07. The number of nitrogens with zero attached hydrogens (tertiary/aromatic N) is 3. The van der Waals surface area contributed by atoms with Gasteiger partial charge in [0.05, 0.1) is 13.2 Å². The maximum atomic E-state index is 12.2. The molecule has 144 valence electrons. The molecule has 0 aliphatic carbocycles. The van der Waals surface area contributed by atoms with Crippen molar-refractivity contribution < 1.29 is 18.8 Å². The molecule has 0 bridgehead atoms. The number of piperazine rings is 1. The second-order valence-corrected chi connectivity index (χ2v) is 6.45. The fraction of sp³-hybridized carbons (Fsp3) is 0.421. The lowest BCUT2D eigenvalue weighted by Gasteiger charge is -2.33. The number of hydrogen-bond donors (Lipinski definition) is 1. The Kier molecular flexibility index (Phi) is 6.08. The van der Waals surface area contributed by atoms with Crippen LogP contribution >= 0.6 is 0 Å². The van der Waals surface area contributed by atoms with E-state index in [9.17, 15) is 9.59 Å². The van der Waals surface area contributed by atoms with Crippen LogP contribution in [0.3, 0.4) is 0 Å². The van der Waals surface area contributed by atoms with E-state index in [2.05, 4.69) is 10.5 Å². The monoisotopic (exact) mass is 372 g/mol. The Morgan fingerprint density at radius 2 is 1.89 bits per heavy atom. The number of benzene rings is 1. The Morgan fingerprint density at radius 3 is 2.56 bits per heavy atom. The molecule has 1 aliphatic heterocycles. The van der Waals surface area contributed by atoms with Gasteiger partial charge in [-0.05, 0) is 13.8 Å². The first kappa shape index (κ1) is 18.9. The molecule has 1 fully saturated rings. The van der Waals surface area contributed by atoms with Gasteiger partial charge < -0.3 is 14.2 Å². The van der Waals surface area contributed by atoms with Crippen molar-refractivity contribution in [2.75, 3.05) is 44.6 Å². The highest BCUT2D eigenvalue weighted by atomic mass is 16.6. The van der Waals surface area contributed by atoms with Gasteiger partial charge in [-0.25, -0.2) is 4.79 Å². The van der Waals surface area contributed by atoms with Crippen LogP contribution in [-0.2, 0) is 9.53 Å². The largest absolute Gasteiger partial charge is 0.450 e. The summed E-state index contributed by atoms with van der Waals surface area (Å²) in [7, 11) is 0. The molecule has 8 heteroatoms. The van der Waals surface area contributed by atoms with E-state index >= 15 is 0 Å². The molecule has 0 saturated carbocycles. The van der Waals surface area contributed by atoms with Crippen LogP contribution in [0.4, 0.5) is 10.7 Å². The van der Waals surface area contributed by atoms with Gasteiger partial charge in [-0.1, -0.05) is 35.0 Å². The summed E-state index contributed by atoms with van der Waals surface area (Å²) in [6, 6.07) is 9.63. The number of rotatable bonds is 5. The van der Waals surface area contributed by atoms with Crippen LogP contribution in [-0.4, -0.2) is 66.3 Å². The number of aromatic nitrogens is 1. The van der Waals surface area contributed by atoms with Gasteiger partial charge in [0, 0.05) is 37.8 Å². The zero-order chi connectivity index (χ0) is 19.2. The minimum absolute atomic E-state index is 0.175. The second kappa shape index (κ2) is 8.68. The quantitative estimate of drug-likeness (QED) is 0.867. The first-order valence-corrected chi connectivity index (χ1v) is 9.03. The van der Waals surface area contributed by atoms with Crippen molar-refractivity contribution in [3.05, 3.63) is 35.9 Å². The zero-order valence-corrected chi connectivity index (χ0v) is 15.6. The molecule has 3 rings (SSSR count). The van der Waals surface area contributed by atoms with Crippen molar-refractivity contribution in [3.63, 3.8) is 0 Å². The highest BCUT2D eigenvalue weighted by Gasteiger charge is 2.23. The molecular weight excluding hydrogens is 348 g/mol. The summed E-state index contributed by atoms with van der Waals surface area (Å²) >= 11 is 0. The van der Waals surface area contributed by atoms with Gasteiger partial charge >= 0.3 is 6.09 Å². The molecule has 1 aliphatic rings. The maximum absolute atomic E-state index is 12.2. The predicted molar refractivity (Wildman–Crippen MR) is 100 cm³/mol. The van der Waals surface area contributed by atoms with Gasteiger partial charge in [-0.3, -0.25) is 15.0 Å². The molecule has 2 amide bonds. The van der Waals surface area contributed by atoms with Gasteiger partial charge in [0.1, 0.15) is 5.69 Å². The van der Waals surface area contributed by atoms with E-state index in [0.29, 0.717) is 44.4 Å². The summed E-state index contributed by atoms with van der Waals surface area (Å²) in [6.45, 7) is 6.74. The molecular formula is C19H24N4O4. The lowest BCUT2D eigenvalue weighted by Crippen LogP contribution is -2.50. The van der Waals surface area contributed by atoms with Gasteiger partial charge in [-0.15, -0.1) is 0 Å². The molecule has 27 heavy (non-hydrogen) atoms. The van der Waals surface area contributed by atoms with Gasteiger partial charge in [-0.2, -0.15) is 0 Å². The van der Waals surface area contributed by atoms with Crippen LogP contribution in [0.5, 0.6) is 0 Å². The molecule has 0 unspecified atom stereocenters. The highest BCUT2D eigenvalue weighted by molar-refractivity contribution is 5.91. The molecule has 8 nitrogen and oxygen atoms in total. The molecule has 2 heterocycles. The molecule has 0 atom stereocenters. The normalized spacial score (nSPS) is 14.8. The van der Waals surface area contributed by atoms with Crippen molar-refractivity contribution in [3.8, 4) is 11.3 Å². The Bertz CT molecular complexity index is 779. The van der Waals surface area contributed by atoms with E-state index in [1.54, 1.807) is 17.9 Å². The zero-order valence-electron chi connectivity index (χ0n) is 15.6. The molecule has 1 N–H and O–H groups in total. The van der Waals surface area contributed by atoms with Crippen LogP contribution in [0.1, 0.15) is 12.5 Å². The Labute approximate surface area is 158 Å². The van der Waals surface area contributed by atoms with Gasteiger partial charge in [0.15, 0.2) is 0 Å². The Morgan fingerprint density at radius 1 is 1.19 bits per heavy atom. The number of aryl methyl sites for hydroxylation is 1. The SMILES string of the molecule is CCOC(=O)N1CCN(CC(=O)Nc2cc(-c3ccc(C)cc3)no2)CC1. The fourth-order valence-corrected chi connectivity index (χ4v) is 2.88. The Balaban J connectivity index is 1.48. The summed E-state index contributed by atoms with van der Waals surface area (Å²) in [4.78, 5) is 27.6. The summed E-state index contributed by atoms with van der Waals surface area (Å²) in [5.74, 6) is 0.145. The van der Waals surface area contributed by atoms with Crippen molar-refractivity contribution in [2.45, 2.75) is 13.8 Å². The number of ether oxygens (including phenoxy) is 1. The van der Waals surface area contributed by atoms with Crippen LogP contribution in [0, 0.1) is 6.92 Å². The van der Waals surface area contributed by atoms with Crippen LogP contribution in [0.25, 0.3) is 11.3 Å². The number of anilines is 1. The number of carbonyl (C=O) groups is 2. The molecule has 0 spiro atoms. The predicted octanol–water partition coefficient (Wildman–Crippen LogP) is 2.36. The van der Waals surface area contributed by atoms with Crippen molar-refractivity contribution >= 4 is 17.9 Å². The maximum Gasteiger partial charge on any atom is 0.409 e. The minimum Gasteiger partial charge on any atom is -0.450 e. The third-order valence-corrected chi connectivity index (χ3v) is 4.39. The number of nitrogens with one attached hydrogen (secondary N) is 1. The lowest BCUT2D eigenvalue weighted by atomic mass is 10.1. The summed E-state index contributed by atoms with van der Waals surface area (Å²) in [6.07, 6.45) is -0.299. The van der Waals surface area contributed by atoms with E-state index in [1.807, 2.05) is 36.1 Å². The van der Waals surface area contributed by atoms with Crippen molar-refractivity contribution in [2.24, 2.45) is 0 Å². The smallest absolute Gasteiger partial charge is 0.409 e. The van der Waals surface area contributed by atoms with Crippen LogP contribution in [0.2, 0.25) is 0 Å². The number of amides is 2. The fourth-order valence-electron chi connectivity index (χ4n) is 2.88. The van der Waals surface area contributed by atoms with Crippen molar-refractivity contribution in [1.29, 1.82) is 0 Å². The molecule has 1 aromatic heterocycles. The minimum atomic E-state index is -0.299. The van der Waals surface area contributed by atoms with Gasteiger partial charge in [0.25, 0.3) is 0 Å². The molecule has 1 aromatic carbocycles. The number of carbonyl (C=O) groups excluding carboxylic acids is 2. The average molecular weight is 372 g/mol. The summed E-state index contributed by atoms with van der Waals surface area (Å²) in [5, 5.41) is 6.73. The average Bonchev–Trinajstić information content (AvgIpc) is 3.11. The topological polar surface area (TPSA) is 87.9 Å². The van der Waals surface area contributed by atoms with E-state index in [1.165, 1.54) is 5.56 Å². The van der Waals surface area contributed by atoms with Crippen molar-refractivity contribution in [1.82, 2.24) is 15.0 Å². The molecule has 1 saturated heterocycles. The van der Waals surface area contributed by atoms with Crippen LogP contribution < -0.4 is 5.32 Å². The molecule has 0 radical (unpaired) electrons. The first-order chi connectivity index (χ1) is 13.0. The second-order valence-electron chi connectivity index (χ2n) is 6.45. The summed E-state index contributed by atoms with van der Waals surface area (Å²) < 4.78 is 10.2. The summed E-state index contributed by atoms with van der Waals surface area (Å²) in [5.41, 5.74) is 2.77. The third-order valence-electron chi connectivity index (χ3n) is 4.39. The van der Waals surface area contributed by atoms with Gasteiger partial charge in [0.2, 0.25) is 11.8 Å². The van der Waals surface area contributed by atoms with Crippen LogP contribution in [0.15, 0.2) is 34.9 Å². The highest BCUT2D eigenvalue weighted by Crippen LogP contribution is 2.22. The first-order valence-electron chi connectivity index (χ1n) is 9.03. The van der Waals surface area contributed by atoms with E-state index in [0.717, 1.165) is 5.56 Å². The number of hydrogen-bond acceptors (Lipinski definition) is 6. The van der Waals surface area contributed by atoms with E-state index in [4.69, 9.17) is 9.26 Å². The molecule has 2 aromatic rings. The lowest BCUT2D eigenvalue weighted by molar-refractivity contribution is -0.117. The standard InChI is InChI=1S/C19H24N4O4/c1-3-26-19(25)23-10-8-22(9-11-23)13-17(24)20-18-12-16(21-27-18)15-6-4-14(2)5-7-15/h4-7,12H,3,8-11,13H2,1-2H3,(H,20,24).